The summed E-state index contributed by atoms with van der Waals surface area (Å²) in [6, 6.07) is 7.90. The van der Waals surface area contributed by atoms with Crippen LogP contribution < -0.4 is 10.2 Å². The standard InChI is InChI=1S/C14H18BrN3O/c1-3-18(4-2)14-8-5-11(9-17-14)16-10-12-6-7-13(15)19-12/h5-9,16H,3-4,10H2,1-2H3. The number of hydrogen-bond acceptors (Lipinski definition) is 4. The fraction of sp³-hybridized carbons (Fsp3) is 0.357. The van der Waals surface area contributed by atoms with E-state index in [9.17, 15) is 0 Å². The summed E-state index contributed by atoms with van der Waals surface area (Å²) in [6.45, 7) is 6.85. The Hall–Kier alpha value is -1.49. The maximum atomic E-state index is 5.43. The number of furan rings is 1. The Balaban J connectivity index is 1.95. The van der Waals surface area contributed by atoms with E-state index >= 15 is 0 Å². The van der Waals surface area contributed by atoms with Crippen LogP contribution in [0.3, 0.4) is 0 Å². The van der Waals surface area contributed by atoms with Crippen molar-refractivity contribution in [2.75, 3.05) is 23.3 Å². The van der Waals surface area contributed by atoms with E-state index < -0.39 is 0 Å². The normalized spacial score (nSPS) is 10.5. The molecule has 0 saturated heterocycles. The first-order chi connectivity index (χ1) is 9.22. The molecule has 19 heavy (non-hydrogen) atoms. The quantitative estimate of drug-likeness (QED) is 0.875. The number of rotatable bonds is 6. The second-order valence-corrected chi connectivity index (χ2v) is 4.92. The Morgan fingerprint density at radius 2 is 2.00 bits per heavy atom. The second-order valence-electron chi connectivity index (χ2n) is 4.14. The molecular weight excluding hydrogens is 306 g/mol. The van der Waals surface area contributed by atoms with Gasteiger partial charge in [0.2, 0.25) is 0 Å². The van der Waals surface area contributed by atoms with Gasteiger partial charge in [0.1, 0.15) is 11.6 Å². The van der Waals surface area contributed by atoms with Gasteiger partial charge in [0.05, 0.1) is 18.4 Å². The molecule has 2 aromatic rings. The molecule has 0 unspecified atom stereocenters. The summed E-state index contributed by atoms with van der Waals surface area (Å²) < 4.78 is 6.18. The summed E-state index contributed by atoms with van der Waals surface area (Å²) >= 11 is 3.29. The summed E-state index contributed by atoms with van der Waals surface area (Å²) in [5, 5.41) is 3.28. The minimum atomic E-state index is 0.651. The zero-order chi connectivity index (χ0) is 13.7. The molecule has 0 atom stereocenters. The lowest BCUT2D eigenvalue weighted by Gasteiger charge is -2.19. The van der Waals surface area contributed by atoms with Crippen LogP contribution in [0.25, 0.3) is 0 Å². The van der Waals surface area contributed by atoms with Crippen LogP contribution in [0, 0.1) is 0 Å². The van der Waals surface area contributed by atoms with Crippen molar-refractivity contribution in [1.82, 2.24) is 4.98 Å². The average Bonchev–Trinajstić information content (AvgIpc) is 2.85. The predicted octanol–water partition coefficient (Wildman–Crippen LogP) is 3.90. The van der Waals surface area contributed by atoms with Gasteiger partial charge in [-0.15, -0.1) is 0 Å². The van der Waals surface area contributed by atoms with Gasteiger partial charge >= 0.3 is 0 Å². The molecule has 0 aromatic carbocycles. The van der Waals surface area contributed by atoms with E-state index in [-0.39, 0.29) is 0 Å². The van der Waals surface area contributed by atoms with Gasteiger partial charge in [-0.1, -0.05) is 0 Å². The van der Waals surface area contributed by atoms with Crippen molar-refractivity contribution in [3.63, 3.8) is 0 Å². The molecule has 0 bridgehead atoms. The lowest BCUT2D eigenvalue weighted by Crippen LogP contribution is -2.22. The van der Waals surface area contributed by atoms with Gasteiger partial charge in [-0.25, -0.2) is 4.98 Å². The van der Waals surface area contributed by atoms with E-state index in [1.54, 1.807) is 0 Å². The molecule has 0 aliphatic rings. The first-order valence-electron chi connectivity index (χ1n) is 6.42. The third kappa shape index (κ3) is 3.73. The first-order valence-corrected chi connectivity index (χ1v) is 7.21. The number of aromatic nitrogens is 1. The summed E-state index contributed by atoms with van der Waals surface area (Å²) in [4.78, 5) is 6.68. The summed E-state index contributed by atoms with van der Waals surface area (Å²) in [5.74, 6) is 1.90. The minimum Gasteiger partial charge on any atom is -0.452 e. The third-order valence-corrected chi connectivity index (χ3v) is 3.36. The molecule has 2 rings (SSSR count). The van der Waals surface area contributed by atoms with E-state index in [0.717, 1.165) is 35.0 Å². The number of hydrogen-bond donors (Lipinski definition) is 1. The molecule has 4 nitrogen and oxygen atoms in total. The molecule has 0 amide bonds. The van der Waals surface area contributed by atoms with E-state index in [1.807, 2.05) is 30.5 Å². The van der Waals surface area contributed by atoms with Crippen molar-refractivity contribution in [1.29, 1.82) is 0 Å². The third-order valence-electron chi connectivity index (χ3n) is 2.93. The Labute approximate surface area is 122 Å². The van der Waals surface area contributed by atoms with Gasteiger partial charge in [0.15, 0.2) is 4.67 Å². The van der Waals surface area contributed by atoms with E-state index in [4.69, 9.17) is 4.42 Å². The molecule has 0 aliphatic carbocycles. The Kier molecular flexibility index (Phi) is 4.85. The largest absolute Gasteiger partial charge is 0.452 e. The van der Waals surface area contributed by atoms with Gasteiger partial charge in [0.25, 0.3) is 0 Å². The van der Waals surface area contributed by atoms with Gasteiger partial charge < -0.3 is 14.6 Å². The highest BCUT2D eigenvalue weighted by atomic mass is 79.9. The van der Waals surface area contributed by atoms with Gasteiger partial charge in [-0.05, 0) is 54.0 Å². The Morgan fingerprint density at radius 3 is 2.53 bits per heavy atom. The molecule has 5 heteroatoms. The van der Waals surface area contributed by atoms with Crippen LogP contribution in [0.2, 0.25) is 0 Å². The monoisotopic (exact) mass is 323 g/mol. The Bertz CT molecular complexity index is 506. The molecule has 102 valence electrons. The molecule has 0 fully saturated rings. The number of anilines is 2. The maximum absolute atomic E-state index is 5.43. The maximum Gasteiger partial charge on any atom is 0.169 e. The highest BCUT2D eigenvalue weighted by molar-refractivity contribution is 9.10. The van der Waals surface area contributed by atoms with Crippen LogP contribution >= 0.6 is 15.9 Å². The predicted molar refractivity (Wildman–Crippen MR) is 81.5 cm³/mol. The average molecular weight is 324 g/mol. The van der Waals surface area contributed by atoms with Crippen LogP contribution in [0.1, 0.15) is 19.6 Å². The van der Waals surface area contributed by atoms with Crippen molar-refractivity contribution in [2.45, 2.75) is 20.4 Å². The smallest absolute Gasteiger partial charge is 0.169 e. The summed E-state index contributed by atoms with van der Waals surface area (Å²) in [6.07, 6.45) is 1.85. The summed E-state index contributed by atoms with van der Waals surface area (Å²) in [7, 11) is 0. The van der Waals surface area contributed by atoms with Crippen molar-refractivity contribution in [2.24, 2.45) is 0 Å². The first kappa shape index (κ1) is 13.9. The van der Waals surface area contributed by atoms with Crippen molar-refractivity contribution < 1.29 is 4.42 Å². The molecule has 2 aromatic heterocycles. The van der Waals surface area contributed by atoms with E-state index in [1.165, 1.54) is 0 Å². The molecule has 2 heterocycles. The number of nitrogens with one attached hydrogen (secondary N) is 1. The second kappa shape index (κ2) is 6.61. The summed E-state index contributed by atoms with van der Waals surface area (Å²) in [5.41, 5.74) is 0.989. The number of pyridine rings is 1. The molecule has 0 aliphatic heterocycles. The fourth-order valence-corrected chi connectivity index (χ4v) is 2.20. The van der Waals surface area contributed by atoms with Crippen LogP contribution in [-0.4, -0.2) is 18.1 Å². The lowest BCUT2D eigenvalue weighted by molar-refractivity contribution is 0.495. The molecule has 0 saturated carbocycles. The SMILES string of the molecule is CCN(CC)c1ccc(NCc2ccc(Br)o2)cn1. The number of nitrogens with zero attached hydrogens (tertiary/aromatic N) is 2. The number of halogens is 1. The van der Waals surface area contributed by atoms with Crippen molar-refractivity contribution in [3.05, 3.63) is 40.9 Å². The zero-order valence-corrected chi connectivity index (χ0v) is 12.8. The van der Waals surface area contributed by atoms with Gasteiger partial charge in [0, 0.05) is 13.1 Å². The molecule has 1 N–H and O–H groups in total. The molecular formula is C14H18BrN3O. The fourth-order valence-electron chi connectivity index (χ4n) is 1.86. The van der Waals surface area contributed by atoms with Crippen LogP contribution in [0.5, 0.6) is 0 Å². The lowest BCUT2D eigenvalue weighted by atomic mass is 10.3. The van der Waals surface area contributed by atoms with Crippen LogP contribution in [-0.2, 0) is 6.54 Å². The minimum absolute atomic E-state index is 0.651. The van der Waals surface area contributed by atoms with E-state index in [0.29, 0.717) is 6.54 Å². The van der Waals surface area contributed by atoms with E-state index in [2.05, 4.69) is 45.0 Å². The topological polar surface area (TPSA) is 41.3 Å². The molecule has 0 radical (unpaired) electrons. The Morgan fingerprint density at radius 1 is 1.21 bits per heavy atom. The van der Waals surface area contributed by atoms with Crippen molar-refractivity contribution >= 4 is 27.4 Å². The van der Waals surface area contributed by atoms with Crippen LogP contribution in [0.4, 0.5) is 11.5 Å². The van der Waals surface area contributed by atoms with Gasteiger partial charge in [-0.2, -0.15) is 0 Å². The molecule has 0 spiro atoms. The highest BCUT2D eigenvalue weighted by Crippen LogP contribution is 2.17. The van der Waals surface area contributed by atoms with Gasteiger partial charge in [-0.3, -0.25) is 0 Å². The highest BCUT2D eigenvalue weighted by Gasteiger charge is 2.03. The van der Waals surface area contributed by atoms with Crippen molar-refractivity contribution in [3.8, 4) is 0 Å². The zero-order valence-electron chi connectivity index (χ0n) is 11.2. The van der Waals surface area contributed by atoms with Crippen LogP contribution in [0.15, 0.2) is 39.5 Å².